The van der Waals surface area contributed by atoms with Crippen LogP contribution in [0.5, 0.6) is 0 Å². The summed E-state index contributed by atoms with van der Waals surface area (Å²) >= 11 is 0. The zero-order chi connectivity index (χ0) is 13.4. The van der Waals surface area contributed by atoms with Crippen LogP contribution in [-0.2, 0) is 6.42 Å². The molecule has 0 unspecified atom stereocenters. The van der Waals surface area contributed by atoms with Crippen molar-refractivity contribution >= 4 is 0 Å². The smallest absolute Gasteiger partial charge is 0.0281 e. The zero-order valence-corrected chi connectivity index (χ0v) is 12.6. The van der Waals surface area contributed by atoms with Crippen molar-refractivity contribution in [2.75, 3.05) is 0 Å². The first kappa shape index (κ1) is 18.6. The Balaban J connectivity index is 0. The SMILES string of the molecule is CCCC.CCCC.CCCc1ccccc1. The fourth-order valence-corrected chi connectivity index (χ4v) is 0.933. The lowest BCUT2D eigenvalue weighted by Gasteiger charge is -1.93. The predicted molar refractivity (Wildman–Crippen MR) is 81.6 cm³/mol. The highest BCUT2D eigenvalue weighted by Crippen LogP contribution is 2.00. The summed E-state index contributed by atoms with van der Waals surface area (Å²) in [5.74, 6) is 0. The first-order valence-electron chi connectivity index (χ1n) is 7.30. The van der Waals surface area contributed by atoms with Gasteiger partial charge in [-0.15, -0.1) is 0 Å². The van der Waals surface area contributed by atoms with Crippen LogP contribution in [0.15, 0.2) is 30.3 Å². The first-order chi connectivity index (χ1) is 8.26. The number of hydrogen-bond donors (Lipinski definition) is 0. The quantitative estimate of drug-likeness (QED) is 0.579. The largest absolute Gasteiger partial charge is 0.0654 e. The molecular weight excluding hydrogens is 204 g/mol. The van der Waals surface area contributed by atoms with Crippen molar-refractivity contribution in [1.82, 2.24) is 0 Å². The Hall–Kier alpha value is -0.780. The second kappa shape index (κ2) is 17.6. The molecule has 0 aliphatic heterocycles. The summed E-state index contributed by atoms with van der Waals surface area (Å²) < 4.78 is 0. The Kier molecular flexibility index (Phi) is 19.2. The lowest BCUT2D eigenvalue weighted by atomic mass is 10.1. The van der Waals surface area contributed by atoms with Gasteiger partial charge in [-0.2, -0.15) is 0 Å². The lowest BCUT2D eigenvalue weighted by molar-refractivity contribution is 0.886. The molecule has 1 aromatic carbocycles. The van der Waals surface area contributed by atoms with Crippen LogP contribution in [0.4, 0.5) is 0 Å². The monoisotopic (exact) mass is 236 g/mol. The lowest BCUT2D eigenvalue weighted by Crippen LogP contribution is -1.78. The second-order valence-electron chi connectivity index (χ2n) is 4.24. The van der Waals surface area contributed by atoms with Gasteiger partial charge in [0.05, 0.1) is 0 Å². The summed E-state index contributed by atoms with van der Waals surface area (Å²) in [7, 11) is 0. The Bertz CT molecular complexity index is 193. The van der Waals surface area contributed by atoms with E-state index in [9.17, 15) is 0 Å². The molecule has 1 aromatic rings. The molecule has 0 nitrogen and oxygen atoms in total. The van der Waals surface area contributed by atoms with Crippen LogP contribution in [0, 0.1) is 0 Å². The molecule has 0 radical (unpaired) electrons. The van der Waals surface area contributed by atoms with Gasteiger partial charge < -0.3 is 0 Å². The molecule has 0 saturated carbocycles. The number of benzene rings is 1. The van der Waals surface area contributed by atoms with Gasteiger partial charge in [0.1, 0.15) is 0 Å². The summed E-state index contributed by atoms with van der Waals surface area (Å²) in [6, 6.07) is 10.6. The van der Waals surface area contributed by atoms with E-state index in [0.29, 0.717) is 0 Å². The molecule has 0 N–H and O–H groups in total. The Morgan fingerprint density at radius 3 is 1.29 bits per heavy atom. The van der Waals surface area contributed by atoms with Crippen LogP contribution in [0.2, 0.25) is 0 Å². The highest BCUT2D eigenvalue weighted by atomic mass is 13.9. The number of unbranched alkanes of at least 4 members (excludes halogenated alkanes) is 2. The average Bonchev–Trinajstić information content (AvgIpc) is 2.41. The van der Waals surface area contributed by atoms with E-state index in [2.05, 4.69) is 65.0 Å². The Morgan fingerprint density at radius 2 is 1.00 bits per heavy atom. The summed E-state index contributed by atoms with van der Waals surface area (Å²) in [4.78, 5) is 0. The van der Waals surface area contributed by atoms with E-state index < -0.39 is 0 Å². The Morgan fingerprint density at radius 1 is 0.588 bits per heavy atom. The maximum atomic E-state index is 2.20. The Labute approximate surface area is 109 Å². The van der Waals surface area contributed by atoms with Gasteiger partial charge in [0.25, 0.3) is 0 Å². The third kappa shape index (κ3) is 17.8. The van der Waals surface area contributed by atoms with Crippen LogP contribution < -0.4 is 0 Å². The molecule has 0 aromatic heterocycles. The molecule has 0 spiro atoms. The van der Waals surface area contributed by atoms with E-state index in [1.54, 1.807) is 0 Å². The van der Waals surface area contributed by atoms with Gasteiger partial charge in [-0.05, 0) is 12.0 Å². The maximum absolute atomic E-state index is 2.20. The average molecular weight is 236 g/mol. The van der Waals surface area contributed by atoms with Crippen LogP contribution >= 0.6 is 0 Å². The summed E-state index contributed by atoms with van der Waals surface area (Å²) in [6.07, 6.45) is 7.73. The van der Waals surface area contributed by atoms with Crippen molar-refractivity contribution in [2.24, 2.45) is 0 Å². The van der Waals surface area contributed by atoms with Gasteiger partial charge in [-0.3, -0.25) is 0 Å². The standard InChI is InChI=1S/C9H12.2C4H10/c1-2-6-9-7-4-3-5-8-9;2*1-3-4-2/h3-5,7-8H,2,6H2,1H3;2*3-4H2,1-2H3. The summed E-state index contributed by atoms with van der Waals surface area (Å²) in [5.41, 5.74) is 1.44. The van der Waals surface area contributed by atoms with Gasteiger partial charge in [-0.1, -0.05) is 97.1 Å². The molecule has 100 valence electrons. The van der Waals surface area contributed by atoms with Gasteiger partial charge >= 0.3 is 0 Å². The summed E-state index contributed by atoms with van der Waals surface area (Å²) in [5, 5.41) is 0. The third-order valence-corrected chi connectivity index (χ3v) is 2.38. The highest BCUT2D eigenvalue weighted by molar-refractivity contribution is 5.14. The van der Waals surface area contributed by atoms with Crippen LogP contribution in [0.3, 0.4) is 0 Å². The molecule has 0 fully saturated rings. The molecule has 0 heteroatoms. The van der Waals surface area contributed by atoms with Gasteiger partial charge in [0, 0.05) is 0 Å². The minimum Gasteiger partial charge on any atom is -0.0654 e. The number of rotatable bonds is 4. The molecule has 1 rings (SSSR count). The number of aryl methyl sites for hydroxylation is 1. The molecule has 0 saturated heterocycles. The normalized spacial score (nSPS) is 8.53. The third-order valence-electron chi connectivity index (χ3n) is 2.38. The van der Waals surface area contributed by atoms with E-state index in [-0.39, 0.29) is 0 Å². The van der Waals surface area contributed by atoms with Crippen molar-refractivity contribution in [1.29, 1.82) is 0 Å². The van der Waals surface area contributed by atoms with Crippen molar-refractivity contribution in [3.05, 3.63) is 35.9 Å². The molecule has 0 aliphatic carbocycles. The molecule has 17 heavy (non-hydrogen) atoms. The molecule has 0 aliphatic rings. The van der Waals surface area contributed by atoms with Crippen molar-refractivity contribution in [3.8, 4) is 0 Å². The van der Waals surface area contributed by atoms with Crippen LogP contribution in [-0.4, -0.2) is 0 Å². The van der Waals surface area contributed by atoms with E-state index in [0.717, 1.165) is 0 Å². The minimum atomic E-state index is 1.21. The van der Waals surface area contributed by atoms with E-state index >= 15 is 0 Å². The fraction of sp³-hybridized carbons (Fsp3) is 0.647. The number of hydrogen-bond acceptors (Lipinski definition) is 0. The van der Waals surface area contributed by atoms with E-state index in [4.69, 9.17) is 0 Å². The maximum Gasteiger partial charge on any atom is -0.0281 e. The molecule has 0 atom stereocenters. The van der Waals surface area contributed by atoms with Crippen LogP contribution in [0.25, 0.3) is 0 Å². The van der Waals surface area contributed by atoms with Crippen molar-refractivity contribution in [2.45, 2.75) is 73.1 Å². The fourth-order valence-electron chi connectivity index (χ4n) is 0.933. The second-order valence-corrected chi connectivity index (χ2v) is 4.24. The molecular formula is C17H32. The molecule has 0 bridgehead atoms. The molecule has 0 heterocycles. The predicted octanol–water partition coefficient (Wildman–Crippen LogP) is 6.25. The summed E-state index contributed by atoms with van der Waals surface area (Å²) in [6.45, 7) is 10.9. The first-order valence-corrected chi connectivity index (χ1v) is 7.30. The highest BCUT2D eigenvalue weighted by Gasteiger charge is 1.84. The van der Waals surface area contributed by atoms with Gasteiger partial charge in [0.15, 0.2) is 0 Å². The topological polar surface area (TPSA) is 0 Å². The van der Waals surface area contributed by atoms with Crippen LogP contribution in [0.1, 0.15) is 72.3 Å². The van der Waals surface area contributed by atoms with E-state index in [1.807, 2.05) is 0 Å². The molecule has 0 amide bonds. The van der Waals surface area contributed by atoms with Crippen molar-refractivity contribution < 1.29 is 0 Å². The van der Waals surface area contributed by atoms with Gasteiger partial charge in [-0.25, -0.2) is 0 Å². The minimum absolute atomic E-state index is 1.21. The van der Waals surface area contributed by atoms with Crippen molar-refractivity contribution in [3.63, 3.8) is 0 Å². The van der Waals surface area contributed by atoms with E-state index in [1.165, 1.54) is 44.1 Å². The van der Waals surface area contributed by atoms with Gasteiger partial charge in [0.2, 0.25) is 0 Å². The zero-order valence-electron chi connectivity index (χ0n) is 12.6.